The first kappa shape index (κ1) is 16.2. The van der Waals surface area contributed by atoms with Gasteiger partial charge in [0.05, 0.1) is 17.2 Å². The molecule has 1 aromatic heterocycles. The Morgan fingerprint density at radius 1 is 1.17 bits per heavy atom. The highest BCUT2D eigenvalue weighted by molar-refractivity contribution is 6.42. The zero-order valence-corrected chi connectivity index (χ0v) is 13.9. The van der Waals surface area contributed by atoms with Crippen molar-refractivity contribution in [1.82, 2.24) is 20.2 Å². The van der Waals surface area contributed by atoms with Crippen molar-refractivity contribution >= 4 is 34.8 Å². The lowest BCUT2D eigenvalue weighted by Gasteiger charge is -2.11. The summed E-state index contributed by atoms with van der Waals surface area (Å²) >= 11 is 11.8. The lowest BCUT2D eigenvalue weighted by Crippen LogP contribution is -2.12. The van der Waals surface area contributed by atoms with Crippen molar-refractivity contribution in [3.05, 3.63) is 58.3 Å². The second-order valence-electron chi connectivity index (χ2n) is 4.72. The number of hydrogen-bond acceptors (Lipinski definition) is 5. The van der Waals surface area contributed by atoms with E-state index in [-0.39, 0.29) is 5.91 Å². The summed E-state index contributed by atoms with van der Waals surface area (Å²) in [5, 5.41) is 14.5. The van der Waals surface area contributed by atoms with Crippen LogP contribution in [0.25, 0.3) is 5.69 Å². The number of hydrogen-bond donors (Lipinski definition) is 1. The summed E-state index contributed by atoms with van der Waals surface area (Å²) in [5.74, 6) is 0.247. The molecule has 0 atom stereocenters. The van der Waals surface area contributed by atoms with Crippen LogP contribution in [-0.2, 0) is 0 Å². The predicted molar refractivity (Wildman–Crippen MR) is 90.1 cm³/mol. The Morgan fingerprint density at radius 3 is 2.67 bits per heavy atom. The number of nitrogens with zero attached hydrogens (tertiary/aromatic N) is 4. The van der Waals surface area contributed by atoms with Gasteiger partial charge in [-0.15, -0.1) is 5.10 Å². The van der Waals surface area contributed by atoms with Crippen LogP contribution in [0.3, 0.4) is 0 Å². The Labute approximate surface area is 147 Å². The number of nitrogens with one attached hydrogen (secondary N) is 1. The molecule has 0 saturated heterocycles. The van der Waals surface area contributed by atoms with Gasteiger partial charge in [-0.3, -0.25) is 4.79 Å². The number of carbonyl (C=O) groups is 1. The van der Waals surface area contributed by atoms with E-state index in [0.717, 1.165) is 0 Å². The van der Waals surface area contributed by atoms with Crippen LogP contribution in [0.5, 0.6) is 5.75 Å². The summed E-state index contributed by atoms with van der Waals surface area (Å²) in [4.78, 5) is 12.3. The van der Waals surface area contributed by atoms with Crippen molar-refractivity contribution in [1.29, 1.82) is 0 Å². The lowest BCUT2D eigenvalue weighted by atomic mass is 10.2. The molecule has 0 fully saturated rings. The number of amides is 1. The minimum absolute atomic E-state index is 0.313. The van der Waals surface area contributed by atoms with E-state index >= 15 is 0 Å². The molecule has 1 amide bonds. The minimum Gasteiger partial charge on any atom is -0.494 e. The fourth-order valence-electron chi connectivity index (χ4n) is 2.06. The maximum atomic E-state index is 12.3. The molecule has 122 valence electrons. The smallest absolute Gasteiger partial charge is 0.255 e. The highest BCUT2D eigenvalue weighted by Gasteiger charge is 2.12. The largest absolute Gasteiger partial charge is 0.494 e. The third kappa shape index (κ3) is 3.32. The van der Waals surface area contributed by atoms with Gasteiger partial charge in [-0.05, 0) is 46.8 Å². The Kier molecular flexibility index (Phi) is 4.64. The van der Waals surface area contributed by atoms with E-state index in [9.17, 15) is 4.79 Å². The second-order valence-corrected chi connectivity index (χ2v) is 5.54. The molecule has 0 aliphatic rings. The number of methoxy groups -OCH3 is 1. The van der Waals surface area contributed by atoms with Crippen LogP contribution >= 0.6 is 23.2 Å². The maximum Gasteiger partial charge on any atom is 0.255 e. The summed E-state index contributed by atoms with van der Waals surface area (Å²) < 4.78 is 6.72. The van der Waals surface area contributed by atoms with Gasteiger partial charge in [-0.25, -0.2) is 0 Å². The third-order valence-electron chi connectivity index (χ3n) is 3.21. The van der Waals surface area contributed by atoms with Crippen LogP contribution in [0, 0.1) is 0 Å². The number of halogens is 2. The minimum atomic E-state index is -0.318. The number of ether oxygens (including phenoxy) is 1. The van der Waals surface area contributed by atoms with Gasteiger partial charge in [-0.1, -0.05) is 23.2 Å². The quantitative estimate of drug-likeness (QED) is 0.769. The van der Waals surface area contributed by atoms with Crippen molar-refractivity contribution < 1.29 is 9.53 Å². The zero-order valence-electron chi connectivity index (χ0n) is 12.4. The fraction of sp³-hybridized carbons (Fsp3) is 0.0667. The molecule has 9 heteroatoms. The average molecular weight is 364 g/mol. The van der Waals surface area contributed by atoms with E-state index in [1.165, 1.54) is 24.2 Å². The molecule has 0 spiro atoms. The van der Waals surface area contributed by atoms with Crippen LogP contribution in [0.4, 0.5) is 5.69 Å². The first-order valence-corrected chi connectivity index (χ1v) is 7.52. The lowest BCUT2D eigenvalue weighted by molar-refractivity contribution is 0.102. The molecule has 2 aromatic carbocycles. The van der Waals surface area contributed by atoms with Gasteiger partial charge in [0.1, 0.15) is 17.8 Å². The molecule has 0 unspecified atom stereocenters. The van der Waals surface area contributed by atoms with Crippen LogP contribution in [-0.4, -0.2) is 33.2 Å². The molecule has 0 bridgehead atoms. The Bertz CT molecular complexity index is 884. The normalized spacial score (nSPS) is 10.5. The molecule has 0 saturated carbocycles. The Morgan fingerprint density at radius 2 is 2.00 bits per heavy atom. The number of tetrazole rings is 1. The molecule has 1 heterocycles. The van der Waals surface area contributed by atoms with Gasteiger partial charge in [0.25, 0.3) is 5.91 Å². The van der Waals surface area contributed by atoms with Crippen molar-refractivity contribution in [2.75, 3.05) is 12.4 Å². The Hall–Kier alpha value is -2.64. The van der Waals surface area contributed by atoms with Crippen LogP contribution in [0.2, 0.25) is 10.0 Å². The fourth-order valence-corrected chi connectivity index (χ4v) is 2.36. The number of aromatic nitrogens is 4. The van der Waals surface area contributed by atoms with E-state index in [1.807, 2.05) is 0 Å². The molecule has 0 aliphatic carbocycles. The average Bonchev–Trinajstić information content (AvgIpc) is 3.11. The molecule has 1 N–H and O–H groups in total. The van der Waals surface area contributed by atoms with Crippen molar-refractivity contribution in [3.63, 3.8) is 0 Å². The monoisotopic (exact) mass is 363 g/mol. The first-order chi connectivity index (χ1) is 11.6. The number of rotatable bonds is 4. The van der Waals surface area contributed by atoms with E-state index in [4.69, 9.17) is 27.9 Å². The van der Waals surface area contributed by atoms with Crippen LogP contribution < -0.4 is 10.1 Å². The molecular weight excluding hydrogens is 353 g/mol. The molecule has 7 nitrogen and oxygen atoms in total. The highest BCUT2D eigenvalue weighted by Crippen LogP contribution is 2.27. The van der Waals surface area contributed by atoms with Crippen molar-refractivity contribution in [2.24, 2.45) is 0 Å². The van der Waals surface area contributed by atoms with Gasteiger partial charge in [0, 0.05) is 11.3 Å². The van der Waals surface area contributed by atoms with Gasteiger partial charge in [-0.2, -0.15) is 4.68 Å². The molecule has 3 rings (SSSR count). The molecule has 24 heavy (non-hydrogen) atoms. The van der Waals surface area contributed by atoms with E-state index < -0.39 is 0 Å². The van der Waals surface area contributed by atoms with E-state index in [2.05, 4.69) is 20.8 Å². The standard InChI is InChI=1S/C15H11Cl2N5O2/c1-24-14-5-3-10(7-13(14)22-8-18-20-21-22)19-15(23)9-2-4-11(16)12(17)6-9/h2-8H,1H3,(H,19,23). The molecule has 0 aliphatic heterocycles. The van der Waals surface area contributed by atoms with Crippen molar-refractivity contribution in [3.8, 4) is 11.4 Å². The summed E-state index contributed by atoms with van der Waals surface area (Å²) in [5.41, 5.74) is 1.54. The van der Waals surface area contributed by atoms with Gasteiger partial charge < -0.3 is 10.1 Å². The first-order valence-electron chi connectivity index (χ1n) is 6.76. The van der Waals surface area contributed by atoms with Crippen LogP contribution in [0.15, 0.2) is 42.7 Å². The Balaban J connectivity index is 1.88. The van der Waals surface area contributed by atoms with Gasteiger partial charge in [0.15, 0.2) is 0 Å². The summed E-state index contributed by atoms with van der Waals surface area (Å²) in [6.07, 6.45) is 1.43. The second kappa shape index (κ2) is 6.86. The number of benzene rings is 2. The van der Waals surface area contributed by atoms with E-state index in [1.54, 1.807) is 30.3 Å². The number of carbonyl (C=O) groups excluding carboxylic acids is 1. The van der Waals surface area contributed by atoms with Gasteiger partial charge >= 0.3 is 0 Å². The summed E-state index contributed by atoms with van der Waals surface area (Å²) in [7, 11) is 1.54. The highest BCUT2D eigenvalue weighted by atomic mass is 35.5. The maximum absolute atomic E-state index is 12.3. The third-order valence-corrected chi connectivity index (χ3v) is 3.95. The molecular formula is C15H11Cl2N5O2. The van der Waals surface area contributed by atoms with Crippen LogP contribution in [0.1, 0.15) is 10.4 Å². The number of anilines is 1. The molecule has 3 aromatic rings. The summed E-state index contributed by atoms with van der Waals surface area (Å²) in [6.45, 7) is 0. The SMILES string of the molecule is COc1ccc(NC(=O)c2ccc(Cl)c(Cl)c2)cc1-n1cnnn1. The summed E-state index contributed by atoms with van der Waals surface area (Å²) in [6, 6.07) is 9.79. The van der Waals surface area contributed by atoms with Crippen molar-refractivity contribution in [2.45, 2.75) is 0 Å². The molecule has 0 radical (unpaired) electrons. The van der Waals surface area contributed by atoms with E-state index in [0.29, 0.717) is 32.7 Å². The topological polar surface area (TPSA) is 81.9 Å². The van der Waals surface area contributed by atoms with Gasteiger partial charge in [0.2, 0.25) is 0 Å². The predicted octanol–water partition coefficient (Wildman–Crippen LogP) is 3.23. The zero-order chi connectivity index (χ0) is 17.1.